The fourth-order valence-corrected chi connectivity index (χ4v) is 4.39. The Kier molecular flexibility index (Phi) is 5.18. The number of rotatable bonds is 6. The molecule has 1 aliphatic rings. The normalized spacial score (nSPS) is 18.2. The zero-order valence-electron chi connectivity index (χ0n) is 17.0. The molecule has 1 N–H and O–H groups in total. The number of pyridine rings is 1. The number of ether oxygens (including phenoxy) is 1. The molecule has 0 radical (unpaired) electrons. The second-order valence-electron chi connectivity index (χ2n) is 7.33. The Bertz CT molecular complexity index is 1160. The first-order chi connectivity index (χ1) is 15.2. The molecule has 0 spiro atoms. The number of thiocarbonyl (C=S) groups is 1. The first kappa shape index (κ1) is 19.4. The van der Waals surface area contributed by atoms with Gasteiger partial charge >= 0.3 is 0 Å². The highest BCUT2D eigenvalue weighted by Crippen LogP contribution is 2.40. The number of benzene rings is 1. The zero-order valence-corrected chi connectivity index (χ0v) is 17.8. The summed E-state index contributed by atoms with van der Waals surface area (Å²) in [5.41, 5.74) is 3.11. The topological polar surface area (TPSA) is 55.5 Å². The molecule has 2 unspecified atom stereocenters. The van der Waals surface area contributed by atoms with Gasteiger partial charge in [0.1, 0.15) is 11.5 Å². The van der Waals surface area contributed by atoms with Crippen LogP contribution in [-0.2, 0) is 6.54 Å². The number of nitrogens with one attached hydrogen (secondary N) is 1. The zero-order chi connectivity index (χ0) is 21.2. The average molecular weight is 431 g/mol. The molecule has 1 aromatic carbocycles. The standard InChI is InChI=1S/C24H22N4O2S/c1-29-18-11-9-17(10-12-18)27-14-4-8-21(27)23-22(20-7-2-3-13-25-20)26-24(31)28(23)16-19-6-5-15-30-19/h2-15,22-23H,16H2,1H3,(H,26,31). The highest BCUT2D eigenvalue weighted by atomic mass is 32.1. The smallest absolute Gasteiger partial charge is 0.170 e. The monoisotopic (exact) mass is 430 g/mol. The maximum atomic E-state index is 5.75. The van der Waals surface area contributed by atoms with Crippen LogP contribution in [0, 0.1) is 0 Å². The second kappa shape index (κ2) is 8.28. The summed E-state index contributed by atoms with van der Waals surface area (Å²) in [4.78, 5) is 6.78. The molecule has 7 heteroatoms. The molecule has 1 fully saturated rings. The fraction of sp³-hybridized carbons (Fsp3) is 0.167. The molecule has 0 bridgehead atoms. The van der Waals surface area contributed by atoms with Gasteiger partial charge in [-0.1, -0.05) is 6.07 Å². The molecular weight excluding hydrogens is 408 g/mol. The second-order valence-corrected chi connectivity index (χ2v) is 7.72. The third-order valence-corrected chi connectivity index (χ3v) is 5.89. The van der Waals surface area contributed by atoms with Gasteiger partial charge in [-0.05, 0) is 72.9 Å². The predicted molar refractivity (Wildman–Crippen MR) is 122 cm³/mol. The van der Waals surface area contributed by atoms with E-state index in [0.717, 1.165) is 28.6 Å². The van der Waals surface area contributed by atoms with E-state index >= 15 is 0 Å². The SMILES string of the molecule is COc1ccc(-n2cccc2C2C(c3ccccn3)NC(=S)N2Cc2ccco2)cc1. The van der Waals surface area contributed by atoms with Crippen LogP contribution < -0.4 is 10.1 Å². The van der Waals surface area contributed by atoms with Gasteiger partial charge < -0.3 is 23.9 Å². The van der Waals surface area contributed by atoms with Crippen LogP contribution in [0.2, 0.25) is 0 Å². The third-order valence-electron chi connectivity index (χ3n) is 5.54. The minimum Gasteiger partial charge on any atom is -0.497 e. The Balaban J connectivity index is 1.58. The maximum absolute atomic E-state index is 5.75. The van der Waals surface area contributed by atoms with Crippen molar-refractivity contribution in [3.05, 3.63) is 103 Å². The number of furan rings is 1. The van der Waals surface area contributed by atoms with Crippen LogP contribution in [0.5, 0.6) is 5.75 Å². The predicted octanol–water partition coefficient (Wildman–Crippen LogP) is 4.65. The number of nitrogens with zero attached hydrogens (tertiary/aromatic N) is 3. The van der Waals surface area contributed by atoms with Crippen LogP contribution in [0.4, 0.5) is 0 Å². The van der Waals surface area contributed by atoms with Crippen molar-refractivity contribution in [3.8, 4) is 11.4 Å². The number of hydrogen-bond donors (Lipinski definition) is 1. The summed E-state index contributed by atoms with van der Waals surface area (Å²) in [6.45, 7) is 0.570. The molecular formula is C24H22N4O2S. The van der Waals surface area contributed by atoms with Gasteiger partial charge in [0.05, 0.1) is 37.7 Å². The van der Waals surface area contributed by atoms with Gasteiger partial charge in [-0.25, -0.2) is 0 Å². The maximum Gasteiger partial charge on any atom is 0.170 e. The van der Waals surface area contributed by atoms with E-state index in [-0.39, 0.29) is 12.1 Å². The summed E-state index contributed by atoms with van der Waals surface area (Å²) < 4.78 is 13.1. The van der Waals surface area contributed by atoms with Crippen molar-refractivity contribution in [2.75, 3.05) is 7.11 Å². The molecule has 5 rings (SSSR count). The van der Waals surface area contributed by atoms with Crippen molar-refractivity contribution in [3.63, 3.8) is 0 Å². The van der Waals surface area contributed by atoms with Gasteiger partial charge in [0.15, 0.2) is 5.11 Å². The summed E-state index contributed by atoms with van der Waals surface area (Å²) in [5.74, 6) is 1.69. The molecule has 0 amide bonds. The number of aromatic nitrogens is 2. The van der Waals surface area contributed by atoms with Crippen LogP contribution in [0.1, 0.15) is 29.2 Å². The van der Waals surface area contributed by atoms with Crippen molar-refractivity contribution >= 4 is 17.3 Å². The van der Waals surface area contributed by atoms with Crippen LogP contribution in [0.3, 0.4) is 0 Å². The molecule has 2 atom stereocenters. The first-order valence-corrected chi connectivity index (χ1v) is 10.5. The summed E-state index contributed by atoms with van der Waals surface area (Å²) in [6, 6.07) is 21.9. The van der Waals surface area contributed by atoms with Crippen LogP contribution in [0.25, 0.3) is 5.69 Å². The van der Waals surface area contributed by atoms with Crippen LogP contribution in [0.15, 0.2) is 89.8 Å². The van der Waals surface area contributed by atoms with E-state index in [1.165, 1.54) is 0 Å². The molecule has 1 saturated heterocycles. The van der Waals surface area contributed by atoms with Gasteiger partial charge in [-0.3, -0.25) is 4.98 Å². The highest BCUT2D eigenvalue weighted by molar-refractivity contribution is 7.80. The summed E-state index contributed by atoms with van der Waals surface area (Å²) in [5, 5.41) is 4.17. The first-order valence-electron chi connectivity index (χ1n) is 10.1. The summed E-state index contributed by atoms with van der Waals surface area (Å²) >= 11 is 5.75. The largest absolute Gasteiger partial charge is 0.497 e. The Hall–Kier alpha value is -3.58. The lowest BCUT2D eigenvalue weighted by Crippen LogP contribution is -2.29. The van der Waals surface area contributed by atoms with Gasteiger partial charge in [0.2, 0.25) is 0 Å². The molecule has 3 aromatic heterocycles. The minimum atomic E-state index is -0.0874. The molecule has 1 aliphatic heterocycles. The van der Waals surface area contributed by atoms with E-state index in [0.29, 0.717) is 11.7 Å². The fourth-order valence-electron chi connectivity index (χ4n) is 4.08. The van der Waals surface area contributed by atoms with Crippen molar-refractivity contribution < 1.29 is 9.15 Å². The lowest BCUT2D eigenvalue weighted by Gasteiger charge is -2.28. The molecule has 31 heavy (non-hydrogen) atoms. The van der Waals surface area contributed by atoms with Crippen molar-refractivity contribution in [2.24, 2.45) is 0 Å². The van der Waals surface area contributed by atoms with Gasteiger partial charge in [0.25, 0.3) is 0 Å². The quantitative estimate of drug-likeness (QED) is 0.450. The van der Waals surface area contributed by atoms with E-state index in [1.54, 1.807) is 13.4 Å². The van der Waals surface area contributed by atoms with E-state index in [1.807, 2.05) is 48.7 Å². The van der Waals surface area contributed by atoms with Crippen molar-refractivity contribution in [1.29, 1.82) is 0 Å². The molecule has 0 aliphatic carbocycles. The summed E-state index contributed by atoms with van der Waals surface area (Å²) in [6.07, 6.45) is 5.57. The van der Waals surface area contributed by atoms with Gasteiger partial charge in [-0.15, -0.1) is 0 Å². The number of methoxy groups -OCH3 is 1. The van der Waals surface area contributed by atoms with Crippen LogP contribution in [-0.4, -0.2) is 26.7 Å². The molecule has 6 nitrogen and oxygen atoms in total. The highest BCUT2D eigenvalue weighted by Gasteiger charge is 2.41. The Morgan fingerprint density at radius 1 is 1.06 bits per heavy atom. The molecule has 156 valence electrons. The minimum absolute atomic E-state index is 0.0652. The van der Waals surface area contributed by atoms with Crippen molar-refractivity contribution in [2.45, 2.75) is 18.6 Å². The lowest BCUT2D eigenvalue weighted by atomic mass is 10.0. The average Bonchev–Trinajstić information content (AvgIpc) is 3.56. The third kappa shape index (κ3) is 3.68. The van der Waals surface area contributed by atoms with Gasteiger partial charge in [-0.2, -0.15) is 0 Å². The molecule has 4 heterocycles. The van der Waals surface area contributed by atoms with Crippen LogP contribution >= 0.6 is 12.2 Å². The molecule has 0 saturated carbocycles. The van der Waals surface area contributed by atoms with Crippen molar-refractivity contribution in [1.82, 2.24) is 19.8 Å². The Morgan fingerprint density at radius 3 is 2.65 bits per heavy atom. The van der Waals surface area contributed by atoms with E-state index in [2.05, 4.69) is 50.2 Å². The lowest BCUT2D eigenvalue weighted by molar-refractivity contribution is 0.280. The van der Waals surface area contributed by atoms with E-state index < -0.39 is 0 Å². The van der Waals surface area contributed by atoms with Gasteiger partial charge in [0, 0.05) is 23.8 Å². The molecule has 4 aromatic rings. The number of hydrogen-bond acceptors (Lipinski definition) is 4. The van der Waals surface area contributed by atoms with E-state index in [9.17, 15) is 0 Å². The Labute approximate surface area is 186 Å². The summed E-state index contributed by atoms with van der Waals surface area (Å²) in [7, 11) is 1.67. The van der Waals surface area contributed by atoms with E-state index in [4.69, 9.17) is 21.4 Å². The Morgan fingerprint density at radius 2 is 1.94 bits per heavy atom.